The molecule has 0 heterocycles. The van der Waals surface area contributed by atoms with Gasteiger partial charge in [0.25, 0.3) is 0 Å². The molecule has 4 heteroatoms. The average molecular weight is 322 g/mol. The highest BCUT2D eigenvalue weighted by atomic mass is 35.5. The molecule has 1 atom stereocenters. The van der Waals surface area contributed by atoms with Gasteiger partial charge in [0.1, 0.15) is 5.88 Å². The van der Waals surface area contributed by atoms with Crippen LogP contribution < -0.4 is 0 Å². The molecule has 1 amide bonds. The zero-order chi connectivity index (χ0) is 16.5. The predicted molar refractivity (Wildman–Crippen MR) is 92.8 cm³/mol. The lowest BCUT2D eigenvalue weighted by molar-refractivity contribution is -0.127. The van der Waals surface area contributed by atoms with Crippen LogP contribution in [0.2, 0.25) is 0 Å². The quantitative estimate of drug-likeness (QED) is 0.410. The molecule has 0 aliphatic heterocycles. The fourth-order valence-electron chi connectivity index (χ4n) is 2.32. The minimum absolute atomic E-state index is 0.0601. The first-order valence-corrected chi connectivity index (χ1v) is 7.86. The maximum Gasteiger partial charge on any atom is 0.242 e. The van der Waals surface area contributed by atoms with Crippen LogP contribution in [0.25, 0.3) is 5.70 Å². The second-order valence-corrected chi connectivity index (χ2v) is 5.55. The number of allylic oxidation sites excluding steroid dienone is 1. The zero-order valence-electron chi connectivity index (χ0n) is 13.5. The molecule has 0 aromatic heterocycles. The van der Waals surface area contributed by atoms with E-state index in [1.807, 2.05) is 51.1 Å². The molecule has 0 saturated carbocycles. The number of ether oxygens (including phenoxy) is 1. The van der Waals surface area contributed by atoms with E-state index in [0.29, 0.717) is 13.2 Å². The summed E-state index contributed by atoms with van der Waals surface area (Å²) >= 11 is 5.82. The highest BCUT2D eigenvalue weighted by Crippen LogP contribution is 2.26. The Bertz CT molecular complexity index is 521. The van der Waals surface area contributed by atoms with Crippen LogP contribution in [0.3, 0.4) is 0 Å². The first-order chi connectivity index (χ1) is 10.5. The van der Waals surface area contributed by atoms with E-state index in [4.69, 9.17) is 16.3 Å². The third-order valence-electron chi connectivity index (χ3n) is 3.18. The Hall–Kier alpha value is -1.58. The van der Waals surface area contributed by atoms with Crippen molar-refractivity contribution in [2.45, 2.75) is 26.8 Å². The van der Waals surface area contributed by atoms with Gasteiger partial charge < -0.3 is 9.64 Å². The molecular formula is C18H24ClNO2. The monoisotopic (exact) mass is 321 g/mol. The van der Waals surface area contributed by atoms with E-state index in [1.165, 1.54) is 0 Å². The van der Waals surface area contributed by atoms with Gasteiger partial charge in [-0.25, -0.2) is 0 Å². The normalized spacial score (nSPS) is 11.6. The number of rotatable bonds is 8. The first kappa shape index (κ1) is 18.5. The summed E-state index contributed by atoms with van der Waals surface area (Å²) in [4.78, 5) is 14.1. The molecule has 0 aliphatic carbocycles. The lowest BCUT2D eigenvalue weighted by Crippen LogP contribution is -2.41. The molecule has 1 aromatic rings. The molecule has 22 heavy (non-hydrogen) atoms. The molecule has 1 unspecified atom stereocenters. The second kappa shape index (κ2) is 9.44. The van der Waals surface area contributed by atoms with Gasteiger partial charge in [0.05, 0.1) is 19.3 Å². The van der Waals surface area contributed by atoms with Gasteiger partial charge in [0, 0.05) is 5.70 Å². The number of halogens is 1. The standard InChI is InChI=1S/C18H24ClNO2/c1-5-11-22-13-15(4)20(17(21)12-19)18(14(2)3)16-9-7-6-8-10-16/h5-10,15H,1,11-13H2,2-4H3. The summed E-state index contributed by atoms with van der Waals surface area (Å²) in [5, 5.41) is 0. The highest BCUT2D eigenvalue weighted by molar-refractivity contribution is 6.27. The van der Waals surface area contributed by atoms with Gasteiger partial charge in [0.2, 0.25) is 5.91 Å². The zero-order valence-corrected chi connectivity index (χ0v) is 14.3. The van der Waals surface area contributed by atoms with Crippen molar-refractivity contribution in [3.8, 4) is 0 Å². The summed E-state index contributed by atoms with van der Waals surface area (Å²) in [6.07, 6.45) is 1.69. The van der Waals surface area contributed by atoms with Crippen LogP contribution in [0.1, 0.15) is 26.3 Å². The molecule has 3 nitrogen and oxygen atoms in total. The van der Waals surface area contributed by atoms with E-state index < -0.39 is 0 Å². The third-order valence-corrected chi connectivity index (χ3v) is 3.41. The van der Waals surface area contributed by atoms with Gasteiger partial charge in [-0.2, -0.15) is 0 Å². The molecule has 0 bridgehead atoms. The molecule has 0 spiro atoms. The van der Waals surface area contributed by atoms with Crippen molar-refractivity contribution in [1.82, 2.24) is 4.90 Å². The number of nitrogens with zero attached hydrogens (tertiary/aromatic N) is 1. The first-order valence-electron chi connectivity index (χ1n) is 7.32. The van der Waals surface area contributed by atoms with Gasteiger partial charge in [-0.05, 0) is 26.3 Å². The van der Waals surface area contributed by atoms with Crippen LogP contribution in [0.15, 0.2) is 48.6 Å². The number of carbonyl (C=O) groups excluding carboxylic acids is 1. The highest BCUT2D eigenvalue weighted by Gasteiger charge is 2.25. The Morgan fingerprint density at radius 3 is 2.50 bits per heavy atom. The van der Waals surface area contributed by atoms with Crippen LogP contribution in [0.5, 0.6) is 0 Å². The van der Waals surface area contributed by atoms with Crippen molar-refractivity contribution in [3.63, 3.8) is 0 Å². The van der Waals surface area contributed by atoms with E-state index in [1.54, 1.807) is 11.0 Å². The van der Waals surface area contributed by atoms with Crippen LogP contribution in [0.4, 0.5) is 0 Å². The molecule has 0 aliphatic rings. The van der Waals surface area contributed by atoms with Crippen LogP contribution >= 0.6 is 11.6 Å². The van der Waals surface area contributed by atoms with Gasteiger partial charge >= 0.3 is 0 Å². The summed E-state index contributed by atoms with van der Waals surface area (Å²) in [5.41, 5.74) is 2.94. The number of hydrogen-bond donors (Lipinski definition) is 0. The maximum atomic E-state index is 12.4. The summed E-state index contributed by atoms with van der Waals surface area (Å²) in [6.45, 7) is 10.5. The van der Waals surface area contributed by atoms with Gasteiger partial charge in [-0.15, -0.1) is 18.2 Å². The SMILES string of the molecule is C=CCOCC(C)N(C(=O)CCl)C(=C(C)C)c1ccccc1. The smallest absolute Gasteiger partial charge is 0.242 e. The molecule has 0 fully saturated rings. The average Bonchev–Trinajstić information content (AvgIpc) is 2.52. The molecule has 0 radical (unpaired) electrons. The number of hydrogen-bond acceptors (Lipinski definition) is 2. The number of alkyl halides is 1. The molecule has 0 saturated heterocycles. The molecule has 120 valence electrons. The van der Waals surface area contributed by atoms with Crippen molar-refractivity contribution in [2.75, 3.05) is 19.1 Å². The third kappa shape index (κ3) is 5.00. The van der Waals surface area contributed by atoms with Crippen LogP contribution in [-0.2, 0) is 9.53 Å². The number of benzene rings is 1. The second-order valence-electron chi connectivity index (χ2n) is 5.29. The van der Waals surface area contributed by atoms with Gasteiger partial charge in [-0.1, -0.05) is 42.0 Å². The van der Waals surface area contributed by atoms with E-state index in [0.717, 1.165) is 16.8 Å². The van der Waals surface area contributed by atoms with Crippen LogP contribution in [-0.4, -0.2) is 35.9 Å². The van der Waals surface area contributed by atoms with Crippen LogP contribution in [0, 0.1) is 0 Å². The predicted octanol–water partition coefficient (Wildman–Crippen LogP) is 4.10. The molecule has 0 N–H and O–H groups in total. The lowest BCUT2D eigenvalue weighted by Gasteiger charge is -2.32. The molecule has 1 aromatic carbocycles. The van der Waals surface area contributed by atoms with Crippen molar-refractivity contribution in [3.05, 3.63) is 54.1 Å². The minimum Gasteiger partial charge on any atom is -0.375 e. The van der Waals surface area contributed by atoms with E-state index in [9.17, 15) is 4.79 Å². The van der Waals surface area contributed by atoms with Gasteiger partial charge in [-0.3, -0.25) is 4.79 Å². The van der Waals surface area contributed by atoms with Gasteiger partial charge in [0.15, 0.2) is 0 Å². The Morgan fingerprint density at radius 2 is 2.00 bits per heavy atom. The molecular weight excluding hydrogens is 298 g/mol. The Labute approximate surface area is 138 Å². The van der Waals surface area contributed by atoms with E-state index >= 15 is 0 Å². The van der Waals surface area contributed by atoms with Crippen molar-refractivity contribution in [2.24, 2.45) is 0 Å². The summed E-state index contributed by atoms with van der Waals surface area (Å²) in [5.74, 6) is -0.188. The summed E-state index contributed by atoms with van der Waals surface area (Å²) in [6, 6.07) is 9.75. The molecule has 1 rings (SSSR count). The Balaban J connectivity index is 3.15. The fourth-order valence-corrected chi connectivity index (χ4v) is 2.45. The minimum atomic E-state index is -0.128. The lowest BCUT2D eigenvalue weighted by atomic mass is 10.0. The van der Waals surface area contributed by atoms with E-state index in [2.05, 4.69) is 6.58 Å². The largest absolute Gasteiger partial charge is 0.375 e. The van der Waals surface area contributed by atoms with E-state index in [-0.39, 0.29) is 17.8 Å². The Morgan fingerprint density at radius 1 is 1.36 bits per heavy atom. The van der Waals surface area contributed by atoms with Crippen molar-refractivity contribution < 1.29 is 9.53 Å². The summed E-state index contributed by atoms with van der Waals surface area (Å²) < 4.78 is 5.51. The Kier molecular flexibility index (Phi) is 7.92. The van der Waals surface area contributed by atoms with Crippen molar-refractivity contribution >= 4 is 23.2 Å². The fraction of sp³-hybridized carbons (Fsp3) is 0.389. The van der Waals surface area contributed by atoms with Crippen molar-refractivity contribution in [1.29, 1.82) is 0 Å². The summed E-state index contributed by atoms with van der Waals surface area (Å²) in [7, 11) is 0. The number of carbonyl (C=O) groups is 1. The maximum absolute atomic E-state index is 12.4. The number of amides is 1. The topological polar surface area (TPSA) is 29.5 Å².